The zero-order valence-corrected chi connectivity index (χ0v) is 10.8. The van der Waals surface area contributed by atoms with Gasteiger partial charge in [0.1, 0.15) is 0 Å². The van der Waals surface area contributed by atoms with Crippen molar-refractivity contribution in [2.45, 2.75) is 31.8 Å². The molecule has 18 heavy (non-hydrogen) atoms. The molecule has 1 atom stereocenters. The Kier molecular flexibility index (Phi) is 7.05. The molecule has 0 aliphatic carbocycles. The Labute approximate surface area is 108 Å². The maximum absolute atomic E-state index is 11.5. The first-order valence-corrected chi connectivity index (χ1v) is 6.22. The van der Waals surface area contributed by atoms with Gasteiger partial charge in [-0.2, -0.15) is 0 Å². The van der Waals surface area contributed by atoms with Gasteiger partial charge in [0.05, 0.1) is 12.4 Å². The summed E-state index contributed by atoms with van der Waals surface area (Å²) in [6.45, 7) is 2.09. The van der Waals surface area contributed by atoms with Crippen LogP contribution in [0.3, 0.4) is 0 Å². The third-order valence-corrected chi connectivity index (χ3v) is 2.67. The van der Waals surface area contributed by atoms with Crippen LogP contribution in [0.5, 0.6) is 0 Å². The lowest BCUT2D eigenvalue weighted by molar-refractivity contribution is -0.122. The minimum atomic E-state index is -0.474. The molecule has 0 saturated carbocycles. The Hall–Kier alpha value is -1.40. The number of nitrogens with zero attached hydrogens (tertiary/aromatic N) is 2. The first kappa shape index (κ1) is 14.7. The molecular formula is C12H22N4O2. The molecule has 0 fully saturated rings. The number of hydrogen-bond donors (Lipinski definition) is 2. The number of aryl methyl sites for hydroxylation is 1. The van der Waals surface area contributed by atoms with Crippen LogP contribution in [0.25, 0.3) is 0 Å². The van der Waals surface area contributed by atoms with E-state index in [2.05, 4.69) is 10.3 Å². The largest absolute Gasteiger partial charge is 0.385 e. The fourth-order valence-corrected chi connectivity index (χ4v) is 1.56. The van der Waals surface area contributed by atoms with Gasteiger partial charge in [-0.3, -0.25) is 4.79 Å². The second-order valence-electron chi connectivity index (χ2n) is 4.19. The maximum atomic E-state index is 11.5. The van der Waals surface area contributed by atoms with Gasteiger partial charge in [-0.25, -0.2) is 4.98 Å². The lowest BCUT2D eigenvalue weighted by Crippen LogP contribution is -2.41. The first-order valence-electron chi connectivity index (χ1n) is 6.22. The number of unbranched alkanes of at least 4 members (excludes halogenated alkanes) is 1. The SMILES string of the molecule is COCCC(N)C(=O)NCCCCn1ccnc1. The quantitative estimate of drug-likeness (QED) is 0.614. The lowest BCUT2D eigenvalue weighted by Gasteiger charge is -2.11. The van der Waals surface area contributed by atoms with Crippen LogP contribution in [0.15, 0.2) is 18.7 Å². The van der Waals surface area contributed by atoms with Gasteiger partial charge in [-0.1, -0.05) is 0 Å². The van der Waals surface area contributed by atoms with Gasteiger partial charge in [-0.15, -0.1) is 0 Å². The average molecular weight is 254 g/mol. The van der Waals surface area contributed by atoms with Crippen LogP contribution in [0.4, 0.5) is 0 Å². The molecule has 1 amide bonds. The molecule has 0 radical (unpaired) electrons. The smallest absolute Gasteiger partial charge is 0.237 e. The molecule has 6 nitrogen and oxygen atoms in total. The van der Waals surface area contributed by atoms with Crippen LogP contribution in [-0.4, -0.2) is 41.8 Å². The summed E-state index contributed by atoms with van der Waals surface area (Å²) in [4.78, 5) is 15.5. The number of nitrogens with one attached hydrogen (secondary N) is 1. The van der Waals surface area contributed by atoms with Crippen molar-refractivity contribution in [1.82, 2.24) is 14.9 Å². The summed E-state index contributed by atoms with van der Waals surface area (Å²) in [6.07, 6.45) is 7.97. The fourth-order valence-electron chi connectivity index (χ4n) is 1.56. The summed E-state index contributed by atoms with van der Waals surface area (Å²) >= 11 is 0. The predicted octanol–water partition coefficient (Wildman–Crippen LogP) is 0.143. The van der Waals surface area contributed by atoms with Gasteiger partial charge in [0.15, 0.2) is 0 Å². The van der Waals surface area contributed by atoms with Crippen molar-refractivity contribution in [1.29, 1.82) is 0 Å². The van der Waals surface area contributed by atoms with Gasteiger partial charge < -0.3 is 20.4 Å². The van der Waals surface area contributed by atoms with Crippen LogP contribution in [0.1, 0.15) is 19.3 Å². The number of aromatic nitrogens is 2. The molecule has 0 aromatic carbocycles. The Morgan fingerprint density at radius 1 is 1.56 bits per heavy atom. The van der Waals surface area contributed by atoms with E-state index < -0.39 is 6.04 Å². The molecule has 102 valence electrons. The topological polar surface area (TPSA) is 82.2 Å². The van der Waals surface area contributed by atoms with Crippen molar-refractivity contribution in [2.75, 3.05) is 20.3 Å². The summed E-state index contributed by atoms with van der Waals surface area (Å²) in [5, 5.41) is 2.83. The summed E-state index contributed by atoms with van der Waals surface area (Å²) in [6, 6.07) is -0.474. The van der Waals surface area contributed by atoms with E-state index >= 15 is 0 Å². The van der Waals surface area contributed by atoms with Crippen molar-refractivity contribution in [3.63, 3.8) is 0 Å². The average Bonchev–Trinajstić information content (AvgIpc) is 2.88. The molecule has 0 aliphatic heterocycles. The van der Waals surface area contributed by atoms with Crippen molar-refractivity contribution in [3.05, 3.63) is 18.7 Å². The van der Waals surface area contributed by atoms with Gasteiger partial charge >= 0.3 is 0 Å². The standard InChI is InChI=1S/C12H22N4O2/c1-18-9-4-11(13)12(17)15-5-2-3-7-16-8-6-14-10-16/h6,8,10-11H,2-5,7,9,13H2,1H3,(H,15,17). The molecule has 0 aliphatic rings. The highest BCUT2D eigenvalue weighted by Gasteiger charge is 2.11. The van der Waals surface area contributed by atoms with E-state index in [0.29, 0.717) is 19.6 Å². The minimum Gasteiger partial charge on any atom is -0.385 e. The zero-order valence-electron chi connectivity index (χ0n) is 10.8. The van der Waals surface area contributed by atoms with E-state index in [1.165, 1.54) is 0 Å². The normalized spacial score (nSPS) is 12.3. The number of amides is 1. The Morgan fingerprint density at radius 2 is 2.39 bits per heavy atom. The number of methoxy groups -OCH3 is 1. The van der Waals surface area contributed by atoms with E-state index in [1.807, 2.05) is 10.8 Å². The molecule has 3 N–H and O–H groups in total. The highest BCUT2D eigenvalue weighted by molar-refractivity contribution is 5.81. The Balaban J connectivity index is 2.01. The van der Waals surface area contributed by atoms with E-state index in [0.717, 1.165) is 19.4 Å². The predicted molar refractivity (Wildman–Crippen MR) is 68.9 cm³/mol. The number of nitrogens with two attached hydrogens (primary N) is 1. The summed E-state index contributed by atoms with van der Waals surface area (Å²) < 4.78 is 6.90. The van der Waals surface area contributed by atoms with Crippen molar-refractivity contribution in [2.24, 2.45) is 5.73 Å². The molecule has 1 unspecified atom stereocenters. The molecular weight excluding hydrogens is 232 g/mol. The molecule has 1 aromatic rings. The van der Waals surface area contributed by atoms with Crippen molar-refractivity contribution >= 4 is 5.91 Å². The van der Waals surface area contributed by atoms with Crippen molar-refractivity contribution < 1.29 is 9.53 Å². The summed E-state index contributed by atoms with van der Waals surface area (Å²) in [5.74, 6) is -0.102. The summed E-state index contributed by atoms with van der Waals surface area (Å²) in [5.41, 5.74) is 5.69. The van der Waals surface area contributed by atoms with Crippen molar-refractivity contribution in [3.8, 4) is 0 Å². The zero-order chi connectivity index (χ0) is 13.2. The Morgan fingerprint density at radius 3 is 3.06 bits per heavy atom. The monoisotopic (exact) mass is 254 g/mol. The second kappa shape index (κ2) is 8.66. The van der Waals surface area contributed by atoms with E-state index in [4.69, 9.17) is 10.5 Å². The second-order valence-corrected chi connectivity index (χ2v) is 4.19. The molecule has 6 heteroatoms. The highest BCUT2D eigenvalue weighted by Crippen LogP contribution is 1.95. The fraction of sp³-hybridized carbons (Fsp3) is 0.667. The molecule has 0 spiro atoms. The number of ether oxygens (including phenoxy) is 1. The number of carbonyl (C=O) groups excluding carboxylic acids is 1. The molecule has 0 saturated heterocycles. The lowest BCUT2D eigenvalue weighted by atomic mass is 10.2. The molecule has 1 aromatic heterocycles. The number of rotatable bonds is 9. The summed E-state index contributed by atoms with van der Waals surface area (Å²) in [7, 11) is 1.60. The molecule has 1 heterocycles. The van der Waals surface area contributed by atoms with Gasteiger partial charge in [0, 0.05) is 39.2 Å². The maximum Gasteiger partial charge on any atom is 0.237 e. The highest BCUT2D eigenvalue weighted by atomic mass is 16.5. The molecule has 1 rings (SSSR count). The Bertz CT molecular complexity index is 327. The van der Waals surface area contributed by atoms with Crippen LogP contribution >= 0.6 is 0 Å². The number of hydrogen-bond acceptors (Lipinski definition) is 4. The van der Waals surface area contributed by atoms with E-state index in [1.54, 1.807) is 19.6 Å². The van der Waals surface area contributed by atoms with Crippen LogP contribution < -0.4 is 11.1 Å². The van der Waals surface area contributed by atoms with Gasteiger partial charge in [0.25, 0.3) is 0 Å². The van der Waals surface area contributed by atoms with E-state index in [9.17, 15) is 4.79 Å². The van der Waals surface area contributed by atoms with Crippen LogP contribution in [0.2, 0.25) is 0 Å². The number of imidazole rings is 1. The van der Waals surface area contributed by atoms with E-state index in [-0.39, 0.29) is 5.91 Å². The van der Waals surface area contributed by atoms with Crippen LogP contribution in [-0.2, 0) is 16.1 Å². The van der Waals surface area contributed by atoms with Crippen LogP contribution in [0, 0.1) is 0 Å². The third kappa shape index (κ3) is 5.79. The van der Waals surface area contributed by atoms with Gasteiger partial charge in [-0.05, 0) is 19.3 Å². The minimum absolute atomic E-state index is 0.102. The molecule has 0 bridgehead atoms. The number of carbonyl (C=O) groups is 1. The third-order valence-electron chi connectivity index (χ3n) is 2.67. The van der Waals surface area contributed by atoms with Gasteiger partial charge in [0.2, 0.25) is 5.91 Å². The first-order chi connectivity index (χ1) is 8.74.